The Hall–Kier alpha value is -1.71. The first-order valence-corrected chi connectivity index (χ1v) is 13.0. The summed E-state index contributed by atoms with van der Waals surface area (Å²) in [4.78, 5) is 38.7. The molecule has 0 aliphatic carbocycles. The van der Waals surface area contributed by atoms with Crippen LogP contribution in [0, 0.1) is 11.3 Å². The minimum absolute atomic E-state index is 0.0613. The van der Waals surface area contributed by atoms with Crippen molar-refractivity contribution in [2.45, 2.75) is 85.0 Å². The van der Waals surface area contributed by atoms with Crippen molar-refractivity contribution >= 4 is 17.9 Å². The number of carbonyl (C=O) groups is 3. The van der Waals surface area contributed by atoms with Crippen LogP contribution in [0.25, 0.3) is 0 Å². The number of esters is 3. The molecule has 0 fully saturated rings. The lowest BCUT2D eigenvalue weighted by molar-refractivity contribution is -0.163. The van der Waals surface area contributed by atoms with Gasteiger partial charge in [-0.05, 0) is 40.3 Å². The van der Waals surface area contributed by atoms with Crippen molar-refractivity contribution in [2.75, 3.05) is 53.9 Å². The molecular formula is C26H49NO8. The van der Waals surface area contributed by atoms with E-state index in [-0.39, 0.29) is 50.7 Å². The second-order valence-corrected chi connectivity index (χ2v) is 9.62. The standard InChI is InChI=1S/C26H49NO8/c1-6-8-9-10-11-12-13-23(29)34-19-22(18-32-21-28)14-15-24(30)35-20-26(3,7-2)25(31)33-17-16-27(4)5/h22,28H,6-21H2,1-5H3. The number of hydrogen-bond acceptors (Lipinski definition) is 9. The van der Waals surface area contributed by atoms with Crippen molar-refractivity contribution in [1.82, 2.24) is 4.90 Å². The molecule has 35 heavy (non-hydrogen) atoms. The molecule has 0 aliphatic heterocycles. The van der Waals surface area contributed by atoms with Crippen molar-refractivity contribution in [3.05, 3.63) is 0 Å². The maximum absolute atomic E-state index is 12.4. The minimum atomic E-state index is -0.909. The van der Waals surface area contributed by atoms with Gasteiger partial charge in [-0.15, -0.1) is 0 Å². The van der Waals surface area contributed by atoms with Gasteiger partial charge in [0.25, 0.3) is 0 Å². The van der Waals surface area contributed by atoms with Crippen LogP contribution in [0.4, 0.5) is 0 Å². The molecule has 2 atom stereocenters. The summed E-state index contributed by atoms with van der Waals surface area (Å²) in [7, 11) is 3.79. The average molecular weight is 504 g/mol. The first-order chi connectivity index (χ1) is 16.7. The van der Waals surface area contributed by atoms with Crippen LogP contribution >= 0.6 is 0 Å². The van der Waals surface area contributed by atoms with Crippen molar-refractivity contribution in [3.63, 3.8) is 0 Å². The fraction of sp³-hybridized carbons (Fsp3) is 0.885. The van der Waals surface area contributed by atoms with Gasteiger partial charge in [0.1, 0.15) is 20.0 Å². The molecule has 0 spiro atoms. The zero-order chi connectivity index (χ0) is 26.5. The molecule has 0 rings (SSSR count). The fourth-order valence-corrected chi connectivity index (χ4v) is 3.20. The van der Waals surface area contributed by atoms with E-state index < -0.39 is 18.2 Å². The van der Waals surface area contributed by atoms with Crippen LogP contribution in [0.5, 0.6) is 0 Å². The molecule has 0 amide bonds. The van der Waals surface area contributed by atoms with Crippen LogP contribution < -0.4 is 0 Å². The largest absolute Gasteiger partial charge is 0.465 e. The SMILES string of the molecule is CCCCCCCCC(=O)OCC(CCC(=O)OCC(C)(CC)C(=O)OCCN(C)C)COCO. The van der Waals surface area contributed by atoms with E-state index in [0.29, 0.717) is 25.8 Å². The van der Waals surface area contributed by atoms with E-state index >= 15 is 0 Å². The third-order valence-corrected chi connectivity index (χ3v) is 6.01. The normalized spacial score (nSPS) is 13.8. The zero-order valence-corrected chi connectivity index (χ0v) is 22.6. The molecule has 0 bridgehead atoms. The first kappa shape index (κ1) is 33.3. The number of rotatable bonds is 22. The van der Waals surface area contributed by atoms with E-state index in [1.165, 1.54) is 19.3 Å². The van der Waals surface area contributed by atoms with Gasteiger partial charge >= 0.3 is 17.9 Å². The molecule has 0 aliphatic rings. The molecule has 0 radical (unpaired) electrons. The highest BCUT2D eigenvalue weighted by Crippen LogP contribution is 2.24. The summed E-state index contributed by atoms with van der Waals surface area (Å²) in [5.41, 5.74) is -0.909. The van der Waals surface area contributed by atoms with Gasteiger partial charge in [0, 0.05) is 25.3 Å². The van der Waals surface area contributed by atoms with E-state index in [9.17, 15) is 14.4 Å². The van der Waals surface area contributed by atoms with Crippen LogP contribution in [-0.2, 0) is 33.3 Å². The third-order valence-electron chi connectivity index (χ3n) is 6.01. The summed E-state index contributed by atoms with van der Waals surface area (Å²) in [6.07, 6.45) is 7.86. The molecule has 206 valence electrons. The Labute approximate surface area is 211 Å². The predicted molar refractivity (Wildman–Crippen MR) is 134 cm³/mol. The Kier molecular flexibility index (Phi) is 19.5. The van der Waals surface area contributed by atoms with E-state index in [0.717, 1.165) is 19.3 Å². The number of likely N-dealkylation sites (N-methyl/N-ethyl adjacent to an activating group) is 1. The van der Waals surface area contributed by atoms with Crippen LogP contribution in [0.3, 0.4) is 0 Å². The van der Waals surface area contributed by atoms with Gasteiger partial charge in [-0.1, -0.05) is 46.0 Å². The van der Waals surface area contributed by atoms with Crippen LogP contribution in [-0.4, -0.2) is 81.8 Å². The number of aliphatic hydroxyl groups is 1. The maximum atomic E-state index is 12.4. The van der Waals surface area contributed by atoms with Gasteiger partial charge in [-0.25, -0.2) is 0 Å². The smallest absolute Gasteiger partial charge is 0.315 e. The number of carbonyl (C=O) groups excluding carboxylic acids is 3. The van der Waals surface area contributed by atoms with Gasteiger partial charge in [0.2, 0.25) is 0 Å². The Bertz CT molecular complexity index is 584. The zero-order valence-electron chi connectivity index (χ0n) is 22.6. The minimum Gasteiger partial charge on any atom is -0.465 e. The fourth-order valence-electron chi connectivity index (χ4n) is 3.20. The summed E-state index contributed by atoms with van der Waals surface area (Å²) in [6.45, 7) is 6.41. The molecule has 0 saturated carbocycles. The van der Waals surface area contributed by atoms with Gasteiger partial charge in [-0.2, -0.15) is 0 Å². The summed E-state index contributed by atoms with van der Waals surface area (Å²) in [5.74, 6) is -1.33. The van der Waals surface area contributed by atoms with Gasteiger partial charge in [0.05, 0.1) is 18.6 Å². The highest BCUT2D eigenvalue weighted by molar-refractivity contribution is 5.77. The highest BCUT2D eigenvalue weighted by atomic mass is 16.6. The lowest BCUT2D eigenvalue weighted by Gasteiger charge is -2.26. The predicted octanol–water partition coefficient (Wildman–Crippen LogP) is 3.71. The van der Waals surface area contributed by atoms with Crippen molar-refractivity contribution in [3.8, 4) is 0 Å². The molecular weight excluding hydrogens is 454 g/mol. The number of nitrogens with zero attached hydrogens (tertiary/aromatic N) is 1. The number of ether oxygens (including phenoxy) is 4. The van der Waals surface area contributed by atoms with Crippen LogP contribution in [0.1, 0.15) is 85.0 Å². The monoisotopic (exact) mass is 503 g/mol. The van der Waals surface area contributed by atoms with Gasteiger partial charge < -0.3 is 29.0 Å². The van der Waals surface area contributed by atoms with Gasteiger partial charge in [-0.3, -0.25) is 14.4 Å². The second-order valence-electron chi connectivity index (χ2n) is 9.62. The first-order valence-electron chi connectivity index (χ1n) is 13.0. The van der Waals surface area contributed by atoms with Crippen molar-refractivity contribution in [1.29, 1.82) is 0 Å². The molecule has 0 aromatic carbocycles. The van der Waals surface area contributed by atoms with E-state index in [4.69, 9.17) is 24.1 Å². The highest BCUT2D eigenvalue weighted by Gasteiger charge is 2.35. The van der Waals surface area contributed by atoms with E-state index in [1.807, 2.05) is 25.9 Å². The molecule has 0 saturated heterocycles. The lowest BCUT2D eigenvalue weighted by atomic mass is 9.89. The Morgan fingerprint density at radius 3 is 2.17 bits per heavy atom. The molecule has 9 heteroatoms. The summed E-state index contributed by atoms with van der Waals surface area (Å²) in [6, 6.07) is 0. The van der Waals surface area contributed by atoms with Crippen LogP contribution in [0.2, 0.25) is 0 Å². The Morgan fingerprint density at radius 2 is 1.54 bits per heavy atom. The number of unbranched alkanes of at least 4 members (excludes halogenated alkanes) is 5. The quantitative estimate of drug-likeness (QED) is 0.102. The summed E-state index contributed by atoms with van der Waals surface area (Å²) >= 11 is 0. The van der Waals surface area contributed by atoms with Crippen molar-refractivity contribution in [2.24, 2.45) is 11.3 Å². The third kappa shape index (κ3) is 17.4. The summed E-state index contributed by atoms with van der Waals surface area (Å²) < 4.78 is 21.1. The second kappa shape index (κ2) is 20.5. The van der Waals surface area contributed by atoms with Crippen molar-refractivity contribution < 1.29 is 38.4 Å². The average Bonchev–Trinajstić information content (AvgIpc) is 2.83. The molecule has 0 aromatic heterocycles. The maximum Gasteiger partial charge on any atom is 0.315 e. The number of hydrogen-bond donors (Lipinski definition) is 1. The summed E-state index contributed by atoms with van der Waals surface area (Å²) in [5, 5.41) is 8.95. The molecule has 2 unspecified atom stereocenters. The lowest BCUT2D eigenvalue weighted by Crippen LogP contribution is -2.36. The topological polar surface area (TPSA) is 112 Å². The molecule has 1 N–H and O–H groups in total. The Morgan fingerprint density at radius 1 is 0.886 bits per heavy atom. The molecule has 9 nitrogen and oxygen atoms in total. The Balaban J connectivity index is 4.41. The van der Waals surface area contributed by atoms with Crippen LogP contribution in [0.15, 0.2) is 0 Å². The molecule has 0 heterocycles. The number of aliphatic hydroxyl groups excluding tert-OH is 1. The molecule has 0 aromatic rings. The van der Waals surface area contributed by atoms with E-state index in [2.05, 4.69) is 6.92 Å². The van der Waals surface area contributed by atoms with E-state index in [1.54, 1.807) is 6.92 Å². The van der Waals surface area contributed by atoms with Gasteiger partial charge in [0.15, 0.2) is 0 Å².